The lowest BCUT2D eigenvalue weighted by Crippen LogP contribution is -2.19. The molecule has 4 nitrogen and oxygen atoms in total. The fraction of sp³-hybridized carbons (Fsp3) is 0.0435. The Morgan fingerprint density at radius 2 is 1.79 bits per heavy atom. The number of nitrogens with one attached hydrogen (secondary N) is 1. The third kappa shape index (κ3) is 5.37. The standard InChI is InChI=1S/C23H17BrN2O2S/c24-18-7-4-8-19(14-18)25-23-26-22(27)21(29-23)13-16-9-11-20(12-10-16)28-15-17-5-2-1-3-6-17/h1-14H,15H2,(H,25,26,27)/b21-13-. The molecule has 3 aromatic carbocycles. The Hall–Kier alpha value is -2.83. The quantitative estimate of drug-likeness (QED) is 0.476. The molecule has 144 valence electrons. The summed E-state index contributed by atoms with van der Waals surface area (Å²) in [4.78, 5) is 17.4. The Balaban J connectivity index is 1.41. The molecule has 0 aromatic heterocycles. The number of amides is 1. The molecule has 1 aliphatic heterocycles. The van der Waals surface area contributed by atoms with E-state index in [1.165, 1.54) is 11.8 Å². The Morgan fingerprint density at radius 3 is 2.55 bits per heavy atom. The van der Waals surface area contributed by atoms with Gasteiger partial charge in [-0.3, -0.25) is 4.79 Å². The highest BCUT2D eigenvalue weighted by Gasteiger charge is 2.23. The van der Waals surface area contributed by atoms with Gasteiger partial charge in [-0.15, -0.1) is 0 Å². The van der Waals surface area contributed by atoms with Crippen LogP contribution in [0.3, 0.4) is 0 Å². The number of amidine groups is 1. The summed E-state index contributed by atoms with van der Waals surface area (Å²) in [5.74, 6) is 0.643. The molecule has 1 heterocycles. The number of hydrogen-bond acceptors (Lipinski definition) is 4. The summed E-state index contributed by atoms with van der Waals surface area (Å²) >= 11 is 4.75. The SMILES string of the molecule is O=C1NC(=Nc2cccc(Br)c2)S/C1=C\c1ccc(OCc2ccccc2)cc1. The molecule has 0 saturated carbocycles. The van der Waals surface area contributed by atoms with Crippen LogP contribution in [0.2, 0.25) is 0 Å². The van der Waals surface area contributed by atoms with Crippen LogP contribution in [0.1, 0.15) is 11.1 Å². The first-order chi connectivity index (χ1) is 14.2. The Morgan fingerprint density at radius 1 is 1.00 bits per heavy atom. The number of nitrogens with zero attached hydrogens (tertiary/aromatic N) is 1. The topological polar surface area (TPSA) is 50.7 Å². The summed E-state index contributed by atoms with van der Waals surface area (Å²) in [5.41, 5.74) is 2.83. The second-order valence-electron chi connectivity index (χ2n) is 6.30. The normalized spacial score (nSPS) is 16.2. The molecule has 1 aliphatic rings. The monoisotopic (exact) mass is 464 g/mol. The predicted octanol–water partition coefficient (Wildman–Crippen LogP) is 5.92. The van der Waals surface area contributed by atoms with Gasteiger partial charge in [0.2, 0.25) is 0 Å². The van der Waals surface area contributed by atoms with Crippen LogP contribution < -0.4 is 10.1 Å². The summed E-state index contributed by atoms with van der Waals surface area (Å²) < 4.78 is 6.75. The number of thioether (sulfide) groups is 1. The first kappa shape index (κ1) is 19.5. The van der Waals surface area contributed by atoms with E-state index in [9.17, 15) is 4.79 Å². The van der Waals surface area contributed by atoms with Crippen LogP contribution in [0, 0.1) is 0 Å². The van der Waals surface area contributed by atoms with Crippen LogP contribution in [0.15, 0.2) is 93.2 Å². The van der Waals surface area contributed by atoms with E-state index in [1.807, 2.05) is 84.9 Å². The van der Waals surface area contributed by atoms with Crippen molar-refractivity contribution in [3.8, 4) is 5.75 Å². The molecule has 0 atom stereocenters. The zero-order chi connectivity index (χ0) is 20.1. The number of benzene rings is 3. The fourth-order valence-corrected chi connectivity index (χ4v) is 3.92. The Bertz CT molecular complexity index is 1080. The van der Waals surface area contributed by atoms with Gasteiger partial charge in [-0.2, -0.15) is 0 Å². The van der Waals surface area contributed by atoms with E-state index in [2.05, 4.69) is 26.2 Å². The predicted molar refractivity (Wildman–Crippen MR) is 122 cm³/mol. The van der Waals surface area contributed by atoms with Crippen molar-refractivity contribution in [1.82, 2.24) is 5.32 Å². The minimum absolute atomic E-state index is 0.145. The molecule has 0 spiro atoms. The zero-order valence-electron chi connectivity index (χ0n) is 15.3. The summed E-state index contributed by atoms with van der Waals surface area (Å²) in [6.45, 7) is 0.523. The Kier molecular flexibility index (Phi) is 6.12. The van der Waals surface area contributed by atoms with Crippen molar-refractivity contribution < 1.29 is 9.53 Å². The third-order valence-corrected chi connectivity index (χ3v) is 5.52. The minimum atomic E-state index is -0.145. The van der Waals surface area contributed by atoms with Crippen LogP contribution in [-0.2, 0) is 11.4 Å². The van der Waals surface area contributed by atoms with E-state index in [0.29, 0.717) is 16.7 Å². The van der Waals surface area contributed by atoms with E-state index >= 15 is 0 Å². The smallest absolute Gasteiger partial charge is 0.264 e. The molecule has 0 unspecified atom stereocenters. The zero-order valence-corrected chi connectivity index (χ0v) is 17.7. The van der Waals surface area contributed by atoms with Crippen molar-refractivity contribution in [2.45, 2.75) is 6.61 Å². The highest BCUT2D eigenvalue weighted by molar-refractivity contribution is 9.10. The maximum atomic E-state index is 12.3. The van der Waals surface area contributed by atoms with Crippen molar-refractivity contribution in [1.29, 1.82) is 0 Å². The van der Waals surface area contributed by atoms with Gasteiger partial charge in [0.15, 0.2) is 5.17 Å². The molecule has 4 rings (SSSR count). The van der Waals surface area contributed by atoms with Crippen LogP contribution in [-0.4, -0.2) is 11.1 Å². The number of carbonyl (C=O) groups is 1. The lowest BCUT2D eigenvalue weighted by Gasteiger charge is -2.06. The van der Waals surface area contributed by atoms with Crippen LogP contribution in [0.5, 0.6) is 5.75 Å². The molecule has 1 saturated heterocycles. The molecule has 3 aromatic rings. The lowest BCUT2D eigenvalue weighted by atomic mass is 10.2. The summed E-state index contributed by atoms with van der Waals surface area (Å²) in [7, 11) is 0. The molecule has 0 aliphatic carbocycles. The van der Waals surface area contributed by atoms with Gasteiger partial charge in [-0.25, -0.2) is 4.99 Å². The lowest BCUT2D eigenvalue weighted by molar-refractivity contribution is -0.115. The minimum Gasteiger partial charge on any atom is -0.489 e. The van der Waals surface area contributed by atoms with Crippen molar-refractivity contribution in [2.75, 3.05) is 0 Å². The molecule has 0 bridgehead atoms. The number of rotatable bonds is 5. The van der Waals surface area contributed by atoms with Gasteiger partial charge in [-0.1, -0.05) is 64.5 Å². The summed E-state index contributed by atoms with van der Waals surface area (Å²) in [6.07, 6.45) is 1.85. The summed E-state index contributed by atoms with van der Waals surface area (Å²) in [6, 6.07) is 25.3. The maximum Gasteiger partial charge on any atom is 0.264 e. The first-order valence-electron chi connectivity index (χ1n) is 8.98. The van der Waals surface area contributed by atoms with Crippen LogP contribution >= 0.6 is 27.7 Å². The third-order valence-electron chi connectivity index (χ3n) is 4.12. The van der Waals surface area contributed by atoms with Gasteiger partial charge < -0.3 is 10.1 Å². The van der Waals surface area contributed by atoms with Crippen molar-refractivity contribution in [2.24, 2.45) is 4.99 Å². The molecular formula is C23H17BrN2O2S. The summed E-state index contributed by atoms with van der Waals surface area (Å²) in [5, 5.41) is 3.38. The van der Waals surface area contributed by atoms with Gasteiger partial charge >= 0.3 is 0 Å². The molecule has 29 heavy (non-hydrogen) atoms. The van der Waals surface area contributed by atoms with Gasteiger partial charge in [0.05, 0.1) is 10.6 Å². The van der Waals surface area contributed by atoms with Crippen LogP contribution in [0.4, 0.5) is 5.69 Å². The highest BCUT2D eigenvalue weighted by Crippen LogP contribution is 2.29. The van der Waals surface area contributed by atoms with Gasteiger partial charge in [0.1, 0.15) is 12.4 Å². The van der Waals surface area contributed by atoms with E-state index in [4.69, 9.17) is 4.74 Å². The van der Waals surface area contributed by atoms with Crippen LogP contribution in [0.25, 0.3) is 6.08 Å². The molecule has 1 fully saturated rings. The molecule has 1 amide bonds. The number of carbonyl (C=O) groups excluding carboxylic acids is 1. The molecule has 0 radical (unpaired) electrons. The number of ether oxygens (including phenoxy) is 1. The second-order valence-corrected chi connectivity index (χ2v) is 8.25. The van der Waals surface area contributed by atoms with Crippen molar-refractivity contribution in [3.63, 3.8) is 0 Å². The van der Waals surface area contributed by atoms with E-state index in [-0.39, 0.29) is 5.91 Å². The largest absolute Gasteiger partial charge is 0.489 e. The average molecular weight is 465 g/mol. The number of halogens is 1. The highest BCUT2D eigenvalue weighted by atomic mass is 79.9. The second kappa shape index (κ2) is 9.11. The van der Waals surface area contributed by atoms with Gasteiger partial charge in [-0.05, 0) is 59.3 Å². The van der Waals surface area contributed by atoms with Crippen molar-refractivity contribution >= 4 is 50.5 Å². The fourth-order valence-electron chi connectivity index (χ4n) is 2.70. The van der Waals surface area contributed by atoms with E-state index in [1.54, 1.807) is 0 Å². The van der Waals surface area contributed by atoms with Gasteiger partial charge in [0, 0.05) is 4.47 Å². The molecule has 6 heteroatoms. The average Bonchev–Trinajstić information content (AvgIpc) is 3.07. The molecular weight excluding hydrogens is 448 g/mol. The van der Waals surface area contributed by atoms with Crippen molar-refractivity contribution in [3.05, 3.63) is 99.4 Å². The van der Waals surface area contributed by atoms with E-state index in [0.717, 1.165) is 27.0 Å². The maximum absolute atomic E-state index is 12.3. The first-order valence-corrected chi connectivity index (χ1v) is 10.6. The van der Waals surface area contributed by atoms with E-state index < -0.39 is 0 Å². The number of aliphatic imine (C=N–C) groups is 1. The number of hydrogen-bond donors (Lipinski definition) is 1. The van der Waals surface area contributed by atoms with Gasteiger partial charge in [0.25, 0.3) is 5.91 Å². The molecule has 1 N–H and O–H groups in total. The Labute approximate surface area is 181 Å².